The van der Waals surface area contributed by atoms with Crippen LogP contribution in [0.25, 0.3) is 0 Å². The van der Waals surface area contributed by atoms with Crippen LogP contribution in [-0.2, 0) is 17.1 Å². The molecule has 3 nitrogen and oxygen atoms in total. The standard InChI is InChI=1S/C29H27F7N2O/c1-5-18-7-9-20(14-24(30)11-18)25(27(37)39)10-8-19(6-2)16-38-26(17(3)4)21-12-22(28(31,32)33)15-23(13-21)29(34,35)36/h6,8-15H,2-3,5,7,16H2,1,4H3,(H2,37,39). The van der Waals surface area contributed by atoms with Gasteiger partial charge in [-0.1, -0.05) is 43.9 Å². The minimum absolute atomic E-state index is 0.00736. The number of hydrogen-bond acceptors (Lipinski definition) is 2. The van der Waals surface area contributed by atoms with Crippen LogP contribution < -0.4 is 5.73 Å². The van der Waals surface area contributed by atoms with Gasteiger partial charge >= 0.3 is 12.4 Å². The van der Waals surface area contributed by atoms with Gasteiger partial charge in [-0.25, -0.2) is 4.39 Å². The molecule has 0 saturated carbocycles. The third kappa shape index (κ3) is 8.80. The van der Waals surface area contributed by atoms with Crippen molar-refractivity contribution < 1.29 is 35.5 Å². The van der Waals surface area contributed by atoms with Gasteiger partial charge in [-0.15, -0.1) is 0 Å². The SMILES string of the molecule is C=CC(=CC=C(C(N)=O)C1=CCC(CC)=CC(F)=C1)CN=C(C(=C)C)c1cc(C(F)(F)F)cc(C(F)(F)F)c1. The maximum Gasteiger partial charge on any atom is 0.416 e. The summed E-state index contributed by atoms with van der Waals surface area (Å²) < 4.78 is 94.2. The Balaban J connectivity index is 2.52. The van der Waals surface area contributed by atoms with E-state index in [0.29, 0.717) is 30.5 Å². The molecule has 2 N–H and O–H groups in total. The number of carbonyl (C=O) groups excluding carboxylic acids is 1. The summed E-state index contributed by atoms with van der Waals surface area (Å²) in [6.07, 6.45) is -0.747. The van der Waals surface area contributed by atoms with Gasteiger partial charge in [0.2, 0.25) is 5.91 Å². The minimum atomic E-state index is -5.02. The fourth-order valence-electron chi connectivity index (χ4n) is 3.61. The van der Waals surface area contributed by atoms with E-state index in [-0.39, 0.29) is 35.0 Å². The Kier molecular flexibility index (Phi) is 10.2. The molecule has 1 aliphatic rings. The second-order valence-corrected chi connectivity index (χ2v) is 8.68. The molecule has 208 valence electrons. The van der Waals surface area contributed by atoms with Crippen LogP contribution in [0.4, 0.5) is 30.7 Å². The summed E-state index contributed by atoms with van der Waals surface area (Å²) in [6.45, 7) is 10.3. The molecule has 1 aliphatic carbocycles. The second kappa shape index (κ2) is 12.7. The van der Waals surface area contributed by atoms with E-state index in [0.717, 1.165) is 5.57 Å². The molecule has 0 heterocycles. The van der Waals surface area contributed by atoms with Gasteiger partial charge in [-0.3, -0.25) is 9.79 Å². The topological polar surface area (TPSA) is 55.5 Å². The Morgan fingerprint density at radius 1 is 1.05 bits per heavy atom. The first-order valence-corrected chi connectivity index (χ1v) is 11.7. The number of primary amides is 1. The summed E-state index contributed by atoms with van der Waals surface area (Å²) in [4.78, 5) is 16.3. The Morgan fingerprint density at radius 3 is 2.10 bits per heavy atom. The number of aliphatic imine (C=N–C) groups is 1. The number of carbonyl (C=O) groups is 1. The normalized spacial score (nSPS) is 15.7. The molecular formula is C29H27F7N2O. The number of nitrogens with two attached hydrogens (primary N) is 1. The zero-order valence-electron chi connectivity index (χ0n) is 21.3. The van der Waals surface area contributed by atoms with E-state index in [9.17, 15) is 35.5 Å². The molecule has 0 saturated heterocycles. The van der Waals surface area contributed by atoms with Crippen LogP contribution in [0.2, 0.25) is 0 Å². The van der Waals surface area contributed by atoms with E-state index in [1.807, 2.05) is 6.92 Å². The van der Waals surface area contributed by atoms with E-state index in [1.54, 1.807) is 6.08 Å². The highest BCUT2D eigenvalue weighted by atomic mass is 19.4. The predicted octanol–water partition coefficient (Wildman–Crippen LogP) is 8.13. The lowest BCUT2D eigenvalue weighted by molar-refractivity contribution is -0.143. The zero-order valence-corrected chi connectivity index (χ0v) is 21.3. The van der Waals surface area contributed by atoms with Gasteiger partial charge in [0, 0.05) is 11.1 Å². The molecule has 1 aromatic rings. The molecule has 0 bridgehead atoms. The van der Waals surface area contributed by atoms with E-state index in [2.05, 4.69) is 18.2 Å². The zero-order chi connectivity index (χ0) is 29.5. The maximum absolute atomic E-state index is 14.2. The Hall–Kier alpha value is -3.95. The van der Waals surface area contributed by atoms with Crippen molar-refractivity contribution in [3.8, 4) is 0 Å². The van der Waals surface area contributed by atoms with E-state index in [4.69, 9.17) is 5.73 Å². The maximum atomic E-state index is 14.2. The Bertz CT molecular complexity index is 1300. The number of amides is 1. The lowest BCUT2D eigenvalue weighted by Gasteiger charge is -2.15. The van der Waals surface area contributed by atoms with Crippen molar-refractivity contribution in [2.75, 3.05) is 6.54 Å². The first kappa shape index (κ1) is 31.3. The largest absolute Gasteiger partial charge is 0.416 e. The van der Waals surface area contributed by atoms with Crippen molar-refractivity contribution in [3.05, 3.63) is 118 Å². The number of halogens is 7. The van der Waals surface area contributed by atoms with Crippen LogP contribution >= 0.6 is 0 Å². The van der Waals surface area contributed by atoms with Gasteiger partial charge in [-0.05, 0) is 72.9 Å². The summed E-state index contributed by atoms with van der Waals surface area (Å²) >= 11 is 0. The summed E-state index contributed by atoms with van der Waals surface area (Å²) in [6, 6.07) is 1.18. The predicted molar refractivity (Wildman–Crippen MR) is 138 cm³/mol. The minimum Gasteiger partial charge on any atom is -0.366 e. The third-order valence-electron chi connectivity index (χ3n) is 5.66. The van der Waals surface area contributed by atoms with Gasteiger partial charge < -0.3 is 5.73 Å². The van der Waals surface area contributed by atoms with Crippen molar-refractivity contribution in [2.45, 2.75) is 39.0 Å². The molecule has 0 spiro atoms. The average molecular weight is 553 g/mol. The number of benzene rings is 1. The fourth-order valence-corrected chi connectivity index (χ4v) is 3.61. The van der Waals surface area contributed by atoms with Crippen LogP contribution in [0.15, 0.2) is 106 Å². The van der Waals surface area contributed by atoms with Crippen LogP contribution in [0.3, 0.4) is 0 Å². The van der Waals surface area contributed by atoms with Gasteiger partial charge in [0.05, 0.1) is 23.4 Å². The lowest BCUT2D eigenvalue weighted by atomic mass is 9.98. The molecule has 2 rings (SSSR count). The highest BCUT2D eigenvalue weighted by Crippen LogP contribution is 2.37. The van der Waals surface area contributed by atoms with Crippen LogP contribution in [-0.4, -0.2) is 18.2 Å². The fraction of sp³-hybridized carbons (Fsp3) is 0.241. The Labute approximate surface area is 222 Å². The molecule has 0 unspecified atom stereocenters. The Morgan fingerprint density at radius 2 is 1.64 bits per heavy atom. The summed E-state index contributed by atoms with van der Waals surface area (Å²) in [7, 11) is 0. The highest BCUT2D eigenvalue weighted by molar-refractivity contribution is 6.12. The first-order valence-electron chi connectivity index (χ1n) is 11.7. The molecular weight excluding hydrogens is 525 g/mol. The molecule has 0 aliphatic heterocycles. The van der Waals surface area contributed by atoms with Gasteiger partial charge in [0.25, 0.3) is 0 Å². The summed E-state index contributed by atoms with van der Waals surface area (Å²) in [5.74, 6) is -1.38. The number of rotatable bonds is 9. The van der Waals surface area contributed by atoms with E-state index in [1.165, 1.54) is 37.3 Å². The van der Waals surface area contributed by atoms with Crippen molar-refractivity contribution >= 4 is 11.6 Å². The van der Waals surface area contributed by atoms with Crippen LogP contribution in [0, 0.1) is 0 Å². The van der Waals surface area contributed by atoms with Crippen molar-refractivity contribution in [3.63, 3.8) is 0 Å². The molecule has 0 fully saturated rings. The summed E-state index contributed by atoms with van der Waals surface area (Å²) in [5.41, 5.74) is 3.50. The van der Waals surface area contributed by atoms with Gasteiger partial charge in [-0.2, -0.15) is 26.3 Å². The summed E-state index contributed by atoms with van der Waals surface area (Å²) in [5, 5.41) is 0. The van der Waals surface area contributed by atoms with E-state index >= 15 is 0 Å². The van der Waals surface area contributed by atoms with Gasteiger partial charge in [0.1, 0.15) is 5.83 Å². The molecule has 1 amide bonds. The van der Waals surface area contributed by atoms with E-state index < -0.39 is 40.8 Å². The molecule has 39 heavy (non-hydrogen) atoms. The van der Waals surface area contributed by atoms with Crippen molar-refractivity contribution in [1.82, 2.24) is 0 Å². The number of alkyl halides is 6. The lowest BCUT2D eigenvalue weighted by Crippen LogP contribution is -2.15. The number of allylic oxidation sites excluding steroid dienone is 8. The number of hydrogen-bond donors (Lipinski definition) is 1. The molecule has 0 atom stereocenters. The monoisotopic (exact) mass is 552 g/mol. The van der Waals surface area contributed by atoms with Gasteiger partial charge in [0.15, 0.2) is 0 Å². The van der Waals surface area contributed by atoms with Crippen molar-refractivity contribution in [2.24, 2.45) is 10.7 Å². The average Bonchev–Trinajstić information content (AvgIpc) is 3.02. The quantitative estimate of drug-likeness (QED) is 0.143. The molecule has 0 radical (unpaired) electrons. The molecule has 1 aromatic carbocycles. The second-order valence-electron chi connectivity index (χ2n) is 8.68. The van der Waals surface area contributed by atoms with Crippen LogP contribution in [0.1, 0.15) is 43.4 Å². The van der Waals surface area contributed by atoms with Crippen molar-refractivity contribution in [1.29, 1.82) is 0 Å². The highest BCUT2D eigenvalue weighted by Gasteiger charge is 2.37. The van der Waals surface area contributed by atoms with Crippen LogP contribution in [0.5, 0.6) is 0 Å². The first-order chi connectivity index (χ1) is 18.1. The number of nitrogens with zero attached hydrogens (tertiary/aromatic N) is 1. The molecule has 10 heteroatoms. The third-order valence-corrected chi connectivity index (χ3v) is 5.66. The smallest absolute Gasteiger partial charge is 0.366 e. The molecule has 0 aromatic heterocycles.